The van der Waals surface area contributed by atoms with E-state index in [0.717, 1.165) is 6.54 Å². The zero-order valence-corrected chi connectivity index (χ0v) is 15.5. The van der Waals surface area contributed by atoms with Gasteiger partial charge in [-0.3, -0.25) is 4.79 Å². The fourth-order valence-electron chi connectivity index (χ4n) is 1.77. The van der Waals surface area contributed by atoms with E-state index in [1.165, 1.54) is 50.0 Å². The fraction of sp³-hybridized carbons (Fsp3) is 0.938. The lowest BCUT2D eigenvalue weighted by Gasteiger charge is -2.20. The molecule has 0 bridgehead atoms. The molecule has 0 unspecified atom stereocenters. The van der Waals surface area contributed by atoms with Gasteiger partial charge in [0.2, 0.25) is 5.91 Å². The number of hydrogen-bond acceptors (Lipinski definition) is 3. The molecule has 0 aromatic rings. The molecule has 120 valence electrons. The Hall–Kier alpha value is 0.170. The summed E-state index contributed by atoms with van der Waals surface area (Å²) in [6.45, 7) is 7.32. The molecule has 0 aromatic carbocycles. The highest BCUT2D eigenvalue weighted by atomic mass is 32.2. The average Bonchev–Trinajstić information content (AvgIpc) is 2.46. The van der Waals surface area contributed by atoms with E-state index in [2.05, 4.69) is 13.8 Å². The van der Waals surface area contributed by atoms with Crippen molar-refractivity contribution in [1.82, 2.24) is 4.90 Å². The molecule has 1 amide bonds. The standard InChI is InChI=1S/C16H33NOS2/c1-5-8-10-12-19-16(20-13-11-9-6-2)14-15(18)17(4)7-3/h16H,5-14H2,1-4H3. The molecule has 0 aliphatic rings. The minimum absolute atomic E-state index is 0.295. The van der Waals surface area contributed by atoms with E-state index in [4.69, 9.17) is 0 Å². The van der Waals surface area contributed by atoms with Crippen LogP contribution < -0.4 is 0 Å². The zero-order chi connectivity index (χ0) is 15.2. The highest BCUT2D eigenvalue weighted by Gasteiger charge is 2.16. The summed E-state index contributed by atoms with van der Waals surface area (Å²) in [5, 5.41) is 0. The van der Waals surface area contributed by atoms with Crippen LogP contribution in [0.25, 0.3) is 0 Å². The van der Waals surface area contributed by atoms with Crippen molar-refractivity contribution < 1.29 is 4.79 Å². The van der Waals surface area contributed by atoms with Gasteiger partial charge in [-0.25, -0.2) is 0 Å². The molecule has 0 aliphatic carbocycles. The third kappa shape index (κ3) is 10.9. The van der Waals surface area contributed by atoms with Crippen LogP contribution in [0.2, 0.25) is 0 Å². The van der Waals surface area contributed by atoms with Crippen LogP contribution in [0.3, 0.4) is 0 Å². The predicted molar refractivity (Wildman–Crippen MR) is 95.7 cm³/mol. The van der Waals surface area contributed by atoms with E-state index in [9.17, 15) is 4.79 Å². The number of amides is 1. The Labute approximate surface area is 134 Å². The minimum atomic E-state index is 0.295. The first-order valence-corrected chi connectivity index (χ1v) is 10.2. The van der Waals surface area contributed by atoms with Crippen LogP contribution in [-0.4, -0.2) is 40.5 Å². The van der Waals surface area contributed by atoms with Crippen LogP contribution in [0.15, 0.2) is 0 Å². The second kappa shape index (κ2) is 14.1. The summed E-state index contributed by atoms with van der Waals surface area (Å²) in [6, 6.07) is 0. The molecule has 0 saturated carbocycles. The SMILES string of the molecule is CCCCCSC(CC(=O)N(C)CC)SCCCCC. The Morgan fingerprint density at radius 3 is 1.85 bits per heavy atom. The first-order chi connectivity index (χ1) is 9.65. The van der Waals surface area contributed by atoms with E-state index in [-0.39, 0.29) is 0 Å². The van der Waals surface area contributed by atoms with E-state index < -0.39 is 0 Å². The Kier molecular flexibility index (Phi) is 14.2. The van der Waals surface area contributed by atoms with E-state index in [0.29, 0.717) is 16.9 Å². The van der Waals surface area contributed by atoms with Gasteiger partial charge in [0.1, 0.15) is 0 Å². The maximum Gasteiger partial charge on any atom is 0.224 e. The van der Waals surface area contributed by atoms with Crippen molar-refractivity contribution in [1.29, 1.82) is 0 Å². The van der Waals surface area contributed by atoms with Crippen molar-refractivity contribution in [3.05, 3.63) is 0 Å². The number of hydrogen-bond donors (Lipinski definition) is 0. The number of carbonyl (C=O) groups excluding carboxylic acids is 1. The molecular weight excluding hydrogens is 286 g/mol. The summed E-state index contributed by atoms with van der Waals surface area (Å²) in [7, 11) is 1.91. The highest BCUT2D eigenvalue weighted by molar-refractivity contribution is 8.17. The molecule has 0 fully saturated rings. The smallest absolute Gasteiger partial charge is 0.224 e. The summed E-state index contributed by atoms with van der Waals surface area (Å²) < 4.78 is 0.449. The van der Waals surface area contributed by atoms with E-state index in [1.807, 2.05) is 42.4 Å². The van der Waals surface area contributed by atoms with Crippen LogP contribution in [-0.2, 0) is 4.79 Å². The Morgan fingerprint density at radius 2 is 1.45 bits per heavy atom. The van der Waals surface area contributed by atoms with Gasteiger partial charge in [0.15, 0.2) is 0 Å². The van der Waals surface area contributed by atoms with Gasteiger partial charge < -0.3 is 4.90 Å². The molecule has 0 aliphatic heterocycles. The number of thioether (sulfide) groups is 2. The number of rotatable bonds is 13. The van der Waals surface area contributed by atoms with Crippen molar-refractivity contribution in [2.75, 3.05) is 25.1 Å². The molecule has 0 heterocycles. The van der Waals surface area contributed by atoms with Crippen LogP contribution in [0.4, 0.5) is 0 Å². The lowest BCUT2D eigenvalue weighted by Crippen LogP contribution is -2.28. The monoisotopic (exact) mass is 319 g/mol. The molecule has 0 rings (SSSR count). The van der Waals surface area contributed by atoms with Gasteiger partial charge in [-0.05, 0) is 31.3 Å². The van der Waals surface area contributed by atoms with E-state index in [1.54, 1.807) is 0 Å². The minimum Gasteiger partial charge on any atom is -0.346 e. The van der Waals surface area contributed by atoms with Crippen LogP contribution >= 0.6 is 23.5 Å². The summed E-state index contributed by atoms with van der Waals surface area (Å²) in [5.74, 6) is 2.69. The van der Waals surface area contributed by atoms with Gasteiger partial charge in [0, 0.05) is 20.0 Å². The Bertz CT molecular complexity index is 225. The maximum absolute atomic E-state index is 12.1. The average molecular weight is 320 g/mol. The van der Waals surface area contributed by atoms with Crippen molar-refractivity contribution in [3.8, 4) is 0 Å². The second-order valence-corrected chi connectivity index (χ2v) is 8.12. The number of unbranched alkanes of at least 4 members (excludes halogenated alkanes) is 4. The first-order valence-electron chi connectivity index (χ1n) is 8.12. The van der Waals surface area contributed by atoms with Crippen molar-refractivity contribution >= 4 is 29.4 Å². The summed E-state index contributed by atoms with van der Waals surface area (Å²) in [4.78, 5) is 13.9. The molecule has 0 saturated heterocycles. The van der Waals surface area contributed by atoms with Crippen LogP contribution in [0.1, 0.15) is 65.7 Å². The molecule has 0 radical (unpaired) electrons. The highest BCUT2D eigenvalue weighted by Crippen LogP contribution is 2.29. The van der Waals surface area contributed by atoms with Crippen molar-refractivity contribution in [2.24, 2.45) is 0 Å². The topological polar surface area (TPSA) is 20.3 Å². The van der Waals surface area contributed by atoms with Gasteiger partial charge >= 0.3 is 0 Å². The van der Waals surface area contributed by atoms with Gasteiger partial charge in [-0.1, -0.05) is 39.5 Å². The quantitative estimate of drug-likeness (QED) is 0.351. The van der Waals surface area contributed by atoms with Crippen LogP contribution in [0, 0.1) is 0 Å². The molecule has 0 N–H and O–H groups in total. The van der Waals surface area contributed by atoms with Crippen molar-refractivity contribution in [2.45, 2.75) is 70.3 Å². The predicted octanol–water partition coefficient (Wildman–Crippen LogP) is 5.03. The third-order valence-corrected chi connectivity index (χ3v) is 6.29. The molecule has 2 nitrogen and oxygen atoms in total. The molecule has 0 spiro atoms. The molecular formula is C16H33NOS2. The van der Waals surface area contributed by atoms with Crippen molar-refractivity contribution in [3.63, 3.8) is 0 Å². The third-order valence-electron chi connectivity index (χ3n) is 3.34. The molecule has 0 aromatic heterocycles. The van der Waals surface area contributed by atoms with Crippen LogP contribution in [0.5, 0.6) is 0 Å². The van der Waals surface area contributed by atoms with Gasteiger partial charge in [0.25, 0.3) is 0 Å². The lowest BCUT2D eigenvalue weighted by molar-refractivity contribution is -0.129. The van der Waals surface area contributed by atoms with E-state index >= 15 is 0 Å². The summed E-state index contributed by atoms with van der Waals surface area (Å²) in [5.41, 5.74) is 0. The lowest BCUT2D eigenvalue weighted by atomic mass is 10.3. The maximum atomic E-state index is 12.1. The van der Waals surface area contributed by atoms with Gasteiger partial charge in [0.05, 0.1) is 4.58 Å². The van der Waals surface area contributed by atoms with Gasteiger partial charge in [-0.15, -0.1) is 23.5 Å². The second-order valence-electron chi connectivity index (χ2n) is 5.20. The largest absolute Gasteiger partial charge is 0.346 e. The summed E-state index contributed by atoms with van der Waals surface area (Å²) in [6.07, 6.45) is 8.42. The molecule has 0 atom stereocenters. The molecule has 20 heavy (non-hydrogen) atoms. The molecule has 4 heteroatoms. The van der Waals surface area contributed by atoms with Gasteiger partial charge in [-0.2, -0.15) is 0 Å². The zero-order valence-electron chi connectivity index (χ0n) is 13.8. The Balaban J connectivity index is 4.05. The Morgan fingerprint density at radius 1 is 0.950 bits per heavy atom. The summed E-state index contributed by atoms with van der Waals surface area (Å²) >= 11 is 3.98. The first kappa shape index (κ1) is 20.2. The number of carbonyl (C=O) groups is 1. The number of nitrogens with zero attached hydrogens (tertiary/aromatic N) is 1. The normalized spacial score (nSPS) is 11.1. The fourth-order valence-corrected chi connectivity index (χ4v) is 4.52.